The molecule has 0 amide bonds. The lowest BCUT2D eigenvalue weighted by atomic mass is 10.2. The van der Waals surface area contributed by atoms with Gasteiger partial charge >= 0.3 is 0 Å². The first-order valence-electron chi connectivity index (χ1n) is 9.02. The van der Waals surface area contributed by atoms with Gasteiger partial charge in [-0.3, -0.25) is 4.57 Å². The van der Waals surface area contributed by atoms with Crippen LogP contribution in [0, 0.1) is 4.84 Å². The number of nitrogens with one attached hydrogen (secondary N) is 1. The van der Waals surface area contributed by atoms with E-state index in [0.29, 0.717) is 4.84 Å². The predicted molar refractivity (Wildman–Crippen MR) is 105 cm³/mol. The fourth-order valence-corrected chi connectivity index (χ4v) is 3.74. The van der Waals surface area contributed by atoms with Gasteiger partial charge in [-0.1, -0.05) is 24.3 Å². The molecule has 6 heteroatoms. The van der Waals surface area contributed by atoms with Crippen LogP contribution < -0.4 is 9.80 Å². The molecule has 0 radical (unpaired) electrons. The molecule has 1 N–H and O–H groups in total. The number of benzene rings is 2. The molecule has 0 saturated carbocycles. The number of quaternary nitrogens is 1. The molecule has 1 unspecified atom stereocenters. The van der Waals surface area contributed by atoms with Gasteiger partial charge in [0.1, 0.15) is 6.54 Å². The molecule has 0 aliphatic carbocycles. The van der Waals surface area contributed by atoms with E-state index < -0.39 is 0 Å². The number of hydrogen-bond donors (Lipinski definition) is 1. The molecule has 1 atom stereocenters. The minimum atomic E-state index is 0.535. The van der Waals surface area contributed by atoms with Gasteiger partial charge in [0.2, 0.25) is 0 Å². The zero-order chi connectivity index (χ0) is 17.9. The Bertz CT molecular complexity index is 926. The van der Waals surface area contributed by atoms with Gasteiger partial charge in [-0.15, -0.1) is 0 Å². The van der Waals surface area contributed by atoms with E-state index in [-0.39, 0.29) is 0 Å². The summed E-state index contributed by atoms with van der Waals surface area (Å²) in [5.41, 5.74) is 4.50. The topological polar surface area (TPSA) is 35.0 Å². The zero-order valence-corrected chi connectivity index (χ0v) is 15.8. The average Bonchev–Trinajstić information content (AvgIpc) is 2.98. The summed E-state index contributed by atoms with van der Waals surface area (Å²) < 4.78 is 13.2. The quantitative estimate of drug-likeness (QED) is 0.700. The molecule has 2 aromatic carbocycles. The largest absolute Gasteiger partial charge is 0.429 e. The maximum atomic E-state index is 5.68. The van der Waals surface area contributed by atoms with Crippen LogP contribution in [0.5, 0.6) is 0 Å². The fourth-order valence-electron chi connectivity index (χ4n) is 3.48. The van der Waals surface area contributed by atoms with Crippen LogP contribution in [-0.2, 0) is 18.0 Å². The Balaban J connectivity index is 1.43. The lowest BCUT2D eigenvalue weighted by Crippen LogP contribution is -3.06. The summed E-state index contributed by atoms with van der Waals surface area (Å²) in [7, 11) is 2.18. The van der Waals surface area contributed by atoms with Gasteiger partial charge in [-0.2, -0.15) is 0 Å². The van der Waals surface area contributed by atoms with Crippen LogP contribution in [0.1, 0.15) is 5.56 Å². The number of fused-ring (bicyclic) bond motifs is 1. The van der Waals surface area contributed by atoms with Gasteiger partial charge in [-0.05, 0) is 36.5 Å². The van der Waals surface area contributed by atoms with Gasteiger partial charge in [0, 0.05) is 24.3 Å². The third-order valence-corrected chi connectivity index (χ3v) is 5.12. The van der Waals surface area contributed by atoms with Crippen molar-refractivity contribution in [3.8, 4) is 0 Å². The molecular formula is C20H24N3O2S+. The van der Waals surface area contributed by atoms with Crippen molar-refractivity contribution in [1.29, 1.82) is 0 Å². The number of nitrogens with zero attached hydrogens (tertiary/aromatic N) is 2. The number of ether oxygens (including phenoxy) is 1. The summed E-state index contributed by atoms with van der Waals surface area (Å²) in [6.07, 6.45) is 0. The minimum absolute atomic E-state index is 0.535. The van der Waals surface area contributed by atoms with Crippen LogP contribution in [0.2, 0.25) is 0 Å². The summed E-state index contributed by atoms with van der Waals surface area (Å²) in [4.78, 5) is 4.26. The second-order valence-corrected chi connectivity index (χ2v) is 7.17. The SMILES string of the molecule is C[NH+](Cc1ccc(N2CCOCC2)cc1)Cn1c(=S)oc2ccccc21. The number of rotatable bonds is 5. The average molecular weight is 370 g/mol. The molecule has 0 bridgehead atoms. The van der Waals surface area contributed by atoms with Crippen LogP contribution in [0.3, 0.4) is 0 Å². The standard InChI is InChI=1S/C20H23N3O2S/c1-21(15-23-18-4-2-3-5-19(18)25-20(23)26)14-16-6-8-17(9-7-16)22-10-12-24-13-11-22/h2-9H,10-15H2,1H3/p+1. The number of anilines is 1. The molecule has 3 aromatic rings. The van der Waals surface area contributed by atoms with Crippen LogP contribution >= 0.6 is 12.2 Å². The number of para-hydroxylation sites is 2. The first-order chi connectivity index (χ1) is 12.7. The highest BCUT2D eigenvalue weighted by atomic mass is 32.1. The van der Waals surface area contributed by atoms with Crippen LogP contribution in [0.25, 0.3) is 11.1 Å². The van der Waals surface area contributed by atoms with E-state index in [4.69, 9.17) is 21.4 Å². The van der Waals surface area contributed by atoms with Crippen LogP contribution in [0.4, 0.5) is 5.69 Å². The Morgan fingerprint density at radius 1 is 1.04 bits per heavy atom. The molecular weight excluding hydrogens is 346 g/mol. The molecule has 2 heterocycles. The minimum Gasteiger partial charge on any atom is -0.429 e. The number of aromatic nitrogens is 1. The molecule has 1 aliphatic heterocycles. The number of morpholine rings is 1. The maximum absolute atomic E-state index is 5.68. The summed E-state index contributed by atoms with van der Waals surface area (Å²) in [5.74, 6) is 0. The van der Waals surface area contributed by atoms with Crippen molar-refractivity contribution in [3.05, 3.63) is 58.9 Å². The van der Waals surface area contributed by atoms with E-state index in [0.717, 1.165) is 50.6 Å². The molecule has 0 spiro atoms. The Morgan fingerprint density at radius 3 is 2.54 bits per heavy atom. The molecule has 1 fully saturated rings. The normalized spacial score (nSPS) is 16.1. The predicted octanol–water partition coefficient (Wildman–Crippen LogP) is 2.47. The van der Waals surface area contributed by atoms with Gasteiger partial charge in [0.15, 0.2) is 12.3 Å². The number of hydrogen-bond acceptors (Lipinski definition) is 4. The lowest BCUT2D eigenvalue weighted by Gasteiger charge is -2.29. The maximum Gasteiger partial charge on any atom is 0.274 e. The van der Waals surface area contributed by atoms with Crippen molar-refractivity contribution in [2.75, 3.05) is 38.3 Å². The van der Waals surface area contributed by atoms with Gasteiger partial charge in [0.05, 0.1) is 25.8 Å². The van der Waals surface area contributed by atoms with Gasteiger partial charge < -0.3 is 19.0 Å². The Hall–Kier alpha value is -2.15. The summed E-state index contributed by atoms with van der Waals surface area (Å²) in [5, 5.41) is 0. The molecule has 1 aromatic heterocycles. The van der Waals surface area contributed by atoms with E-state index >= 15 is 0 Å². The highest BCUT2D eigenvalue weighted by molar-refractivity contribution is 7.71. The van der Waals surface area contributed by atoms with E-state index in [1.807, 2.05) is 18.2 Å². The van der Waals surface area contributed by atoms with Crippen molar-refractivity contribution in [1.82, 2.24) is 4.57 Å². The smallest absolute Gasteiger partial charge is 0.274 e. The third-order valence-electron chi connectivity index (χ3n) is 4.82. The molecule has 4 rings (SSSR count). The summed E-state index contributed by atoms with van der Waals surface area (Å²) >= 11 is 5.39. The first kappa shape index (κ1) is 17.3. The van der Waals surface area contributed by atoms with Crippen molar-refractivity contribution in [2.24, 2.45) is 0 Å². The van der Waals surface area contributed by atoms with Crippen molar-refractivity contribution < 1.29 is 14.1 Å². The molecule has 1 saturated heterocycles. The second-order valence-electron chi connectivity index (χ2n) is 6.82. The monoisotopic (exact) mass is 370 g/mol. The van der Waals surface area contributed by atoms with Crippen molar-refractivity contribution in [2.45, 2.75) is 13.2 Å². The highest BCUT2D eigenvalue weighted by Gasteiger charge is 2.13. The Labute approximate surface area is 158 Å². The molecule has 5 nitrogen and oxygen atoms in total. The van der Waals surface area contributed by atoms with Crippen molar-refractivity contribution in [3.63, 3.8) is 0 Å². The molecule has 1 aliphatic rings. The number of oxazole rings is 1. The van der Waals surface area contributed by atoms with E-state index in [1.165, 1.54) is 16.2 Å². The Morgan fingerprint density at radius 2 is 1.77 bits per heavy atom. The van der Waals surface area contributed by atoms with E-state index in [1.54, 1.807) is 0 Å². The van der Waals surface area contributed by atoms with Crippen LogP contribution in [-0.4, -0.2) is 37.9 Å². The summed E-state index contributed by atoms with van der Waals surface area (Å²) in [6, 6.07) is 16.9. The van der Waals surface area contributed by atoms with Crippen LogP contribution in [0.15, 0.2) is 52.9 Å². The summed E-state index contributed by atoms with van der Waals surface area (Å²) in [6.45, 7) is 5.28. The van der Waals surface area contributed by atoms with E-state index in [2.05, 4.69) is 46.8 Å². The Kier molecular flexibility index (Phi) is 5.06. The molecule has 136 valence electrons. The lowest BCUT2D eigenvalue weighted by molar-refractivity contribution is -0.916. The van der Waals surface area contributed by atoms with Gasteiger partial charge in [0.25, 0.3) is 4.84 Å². The second kappa shape index (κ2) is 7.61. The highest BCUT2D eigenvalue weighted by Crippen LogP contribution is 2.17. The van der Waals surface area contributed by atoms with Crippen molar-refractivity contribution >= 4 is 29.0 Å². The third kappa shape index (κ3) is 3.67. The fraction of sp³-hybridized carbons (Fsp3) is 0.350. The van der Waals surface area contributed by atoms with Gasteiger partial charge in [-0.25, -0.2) is 0 Å². The van der Waals surface area contributed by atoms with E-state index in [9.17, 15) is 0 Å². The molecule has 26 heavy (non-hydrogen) atoms. The zero-order valence-electron chi connectivity index (χ0n) is 15.0. The first-order valence-corrected chi connectivity index (χ1v) is 9.43.